The van der Waals surface area contributed by atoms with Crippen LogP contribution >= 0.6 is 0 Å². The highest BCUT2D eigenvalue weighted by atomic mass is 16.2. The summed E-state index contributed by atoms with van der Waals surface area (Å²) >= 11 is 0. The first-order chi connectivity index (χ1) is 8.77. The molecule has 0 aromatic carbocycles. The Morgan fingerprint density at radius 3 is 3.11 bits per heavy atom. The van der Waals surface area contributed by atoms with Gasteiger partial charge in [-0.05, 0) is 25.8 Å². The zero-order valence-corrected chi connectivity index (χ0v) is 11.0. The first-order valence-electron chi connectivity index (χ1n) is 6.73. The van der Waals surface area contributed by atoms with Crippen LogP contribution in [-0.4, -0.2) is 35.5 Å². The molecular formula is C13H22N4O. The van der Waals surface area contributed by atoms with E-state index < -0.39 is 0 Å². The number of carbonyl (C=O) groups excluding carboxylic acids is 1. The molecule has 0 spiro atoms. The lowest BCUT2D eigenvalue weighted by atomic mass is 9.77. The van der Waals surface area contributed by atoms with Crippen LogP contribution in [0, 0.1) is 5.41 Å². The maximum Gasteiger partial charge on any atom is 0.227 e. The van der Waals surface area contributed by atoms with E-state index in [-0.39, 0.29) is 11.3 Å². The van der Waals surface area contributed by atoms with Gasteiger partial charge in [0.05, 0.1) is 11.7 Å². The molecule has 2 rings (SSSR count). The molecule has 1 amide bonds. The monoisotopic (exact) mass is 250 g/mol. The smallest absolute Gasteiger partial charge is 0.227 e. The van der Waals surface area contributed by atoms with Crippen molar-refractivity contribution < 1.29 is 4.79 Å². The molecule has 2 heterocycles. The van der Waals surface area contributed by atoms with E-state index in [0.29, 0.717) is 6.54 Å². The van der Waals surface area contributed by atoms with Crippen LogP contribution < -0.4 is 10.6 Å². The lowest BCUT2D eigenvalue weighted by Crippen LogP contribution is -2.50. The number of nitrogens with zero attached hydrogens (tertiary/aromatic N) is 1. The van der Waals surface area contributed by atoms with Crippen LogP contribution in [0.15, 0.2) is 12.5 Å². The molecule has 1 aliphatic heterocycles. The Labute approximate surface area is 108 Å². The zero-order valence-electron chi connectivity index (χ0n) is 11.0. The molecule has 3 N–H and O–H groups in total. The second kappa shape index (κ2) is 6.00. The Bertz CT molecular complexity index is 368. The Hall–Kier alpha value is -1.36. The van der Waals surface area contributed by atoms with Crippen molar-refractivity contribution in [3.8, 4) is 0 Å². The van der Waals surface area contributed by atoms with E-state index in [1.165, 1.54) is 0 Å². The molecule has 1 aromatic heterocycles. The summed E-state index contributed by atoms with van der Waals surface area (Å²) in [5.41, 5.74) is 0.856. The average Bonchev–Trinajstić information content (AvgIpc) is 2.92. The normalized spacial score (nSPS) is 23.8. The van der Waals surface area contributed by atoms with Crippen LogP contribution in [0.25, 0.3) is 0 Å². The number of hydrogen-bond donors (Lipinski definition) is 3. The van der Waals surface area contributed by atoms with Gasteiger partial charge in [0.25, 0.3) is 0 Å². The molecule has 1 aliphatic rings. The van der Waals surface area contributed by atoms with Crippen LogP contribution in [0.2, 0.25) is 0 Å². The fourth-order valence-corrected chi connectivity index (χ4v) is 2.54. The van der Waals surface area contributed by atoms with Crippen molar-refractivity contribution in [1.82, 2.24) is 20.6 Å². The van der Waals surface area contributed by atoms with Crippen LogP contribution in [0.3, 0.4) is 0 Å². The number of nitrogens with one attached hydrogen (secondary N) is 3. The molecular weight excluding hydrogens is 228 g/mol. The van der Waals surface area contributed by atoms with Crippen molar-refractivity contribution in [2.75, 3.05) is 19.6 Å². The number of hydrogen-bond acceptors (Lipinski definition) is 3. The van der Waals surface area contributed by atoms with E-state index in [0.717, 1.165) is 44.5 Å². The predicted octanol–water partition coefficient (Wildman–Crippen LogP) is 0.848. The molecule has 100 valence electrons. The number of aromatic amines is 1. The third-order valence-electron chi connectivity index (χ3n) is 3.87. The molecule has 1 fully saturated rings. The molecule has 1 aromatic rings. The van der Waals surface area contributed by atoms with Crippen molar-refractivity contribution in [3.05, 3.63) is 18.2 Å². The van der Waals surface area contributed by atoms with Gasteiger partial charge in [-0.3, -0.25) is 4.79 Å². The fraction of sp³-hybridized carbons (Fsp3) is 0.692. The van der Waals surface area contributed by atoms with Crippen molar-refractivity contribution in [2.45, 2.75) is 32.6 Å². The standard InChI is InChI=1S/C13H22N4O/c1-2-13(5-3-6-14-9-13)12(18)16-7-4-11-8-15-10-17-11/h8,10,14H,2-7,9H2,1H3,(H,15,17)(H,16,18). The molecule has 5 nitrogen and oxygen atoms in total. The van der Waals surface area contributed by atoms with Gasteiger partial charge in [0.15, 0.2) is 0 Å². The molecule has 0 radical (unpaired) electrons. The minimum atomic E-state index is -0.202. The number of rotatable bonds is 5. The number of carbonyl (C=O) groups is 1. The summed E-state index contributed by atoms with van der Waals surface area (Å²) in [6, 6.07) is 0. The highest BCUT2D eigenvalue weighted by Crippen LogP contribution is 2.30. The van der Waals surface area contributed by atoms with E-state index in [1.807, 2.05) is 0 Å². The minimum absolute atomic E-state index is 0.191. The number of piperidine rings is 1. The van der Waals surface area contributed by atoms with Crippen molar-refractivity contribution in [3.63, 3.8) is 0 Å². The third-order valence-corrected chi connectivity index (χ3v) is 3.87. The van der Waals surface area contributed by atoms with Gasteiger partial charge in [-0.1, -0.05) is 6.92 Å². The Morgan fingerprint density at radius 2 is 2.50 bits per heavy atom. The zero-order chi connectivity index (χ0) is 12.8. The first-order valence-corrected chi connectivity index (χ1v) is 6.73. The molecule has 1 atom stereocenters. The summed E-state index contributed by atoms with van der Waals surface area (Å²) in [6.07, 6.45) is 7.24. The van der Waals surface area contributed by atoms with Gasteiger partial charge in [0.1, 0.15) is 0 Å². The van der Waals surface area contributed by atoms with Gasteiger partial charge >= 0.3 is 0 Å². The number of amides is 1. The summed E-state index contributed by atoms with van der Waals surface area (Å²) in [5.74, 6) is 0.191. The summed E-state index contributed by atoms with van der Waals surface area (Å²) in [5, 5.41) is 6.39. The lowest BCUT2D eigenvalue weighted by molar-refractivity contribution is -0.132. The molecule has 0 bridgehead atoms. The van der Waals surface area contributed by atoms with E-state index >= 15 is 0 Å². The third kappa shape index (κ3) is 2.90. The van der Waals surface area contributed by atoms with E-state index in [1.54, 1.807) is 12.5 Å². The summed E-state index contributed by atoms with van der Waals surface area (Å²) in [4.78, 5) is 19.3. The summed E-state index contributed by atoms with van der Waals surface area (Å²) in [6.45, 7) is 4.60. The molecule has 1 unspecified atom stereocenters. The van der Waals surface area contributed by atoms with Crippen molar-refractivity contribution >= 4 is 5.91 Å². The van der Waals surface area contributed by atoms with Gasteiger partial charge in [0, 0.05) is 31.4 Å². The highest BCUT2D eigenvalue weighted by molar-refractivity contribution is 5.83. The van der Waals surface area contributed by atoms with Gasteiger partial charge in [0.2, 0.25) is 5.91 Å². The molecule has 0 aliphatic carbocycles. The first kappa shape index (κ1) is 13.1. The summed E-state index contributed by atoms with van der Waals surface area (Å²) in [7, 11) is 0. The number of aromatic nitrogens is 2. The molecule has 0 saturated carbocycles. The molecule has 18 heavy (non-hydrogen) atoms. The van der Waals surface area contributed by atoms with Crippen LogP contribution in [0.4, 0.5) is 0 Å². The van der Waals surface area contributed by atoms with Gasteiger partial charge in [-0.2, -0.15) is 0 Å². The van der Waals surface area contributed by atoms with Crippen molar-refractivity contribution in [2.24, 2.45) is 5.41 Å². The SMILES string of the molecule is CCC1(C(=O)NCCc2cnc[nH]2)CCCNC1. The average molecular weight is 250 g/mol. The second-order valence-corrected chi connectivity index (χ2v) is 5.00. The fourth-order valence-electron chi connectivity index (χ4n) is 2.54. The van der Waals surface area contributed by atoms with E-state index in [2.05, 4.69) is 27.5 Å². The molecule has 5 heteroatoms. The largest absolute Gasteiger partial charge is 0.355 e. The summed E-state index contributed by atoms with van der Waals surface area (Å²) < 4.78 is 0. The predicted molar refractivity (Wildman–Crippen MR) is 70.1 cm³/mol. The Morgan fingerprint density at radius 1 is 1.61 bits per heavy atom. The van der Waals surface area contributed by atoms with Gasteiger partial charge in [-0.15, -0.1) is 0 Å². The second-order valence-electron chi connectivity index (χ2n) is 5.00. The lowest BCUT2D eigenvalue weighted by Gasteiger charge is -2.35. The quantitative estimate of drug-likeness (QED) is 0.725. The maximum absolute atomic E-state index is 12.3. The van der Waals surface area contributed by atoms with Crippen molar-refractivity contribution in [1.29, 1.82) is 0 Å². The topological polar surface area (TPSA) is 69.8 Å². The van der Waals surface area contributed by atoms with Crippen LogP contribution in [0.5, 0.6) is 0 Å². The van der Waals surface area contributed by atoms with E-state index in [4.69, 9.17) is 0 Å². The maximum atomic E-state index is 12.3. The number of H-pyrrole nitrogens is 1. The minimum Gasteiger partial charge on any atom is -0.355 e. The van der Waals surface area contributed by atoms with Crippen LogP contribution in [0.1, 0.15) is 31.9 Å². The van der Waals surface area contributed by atoms with E-state index in [9.17, 15) is 4.79 Å². The molecule has 1 saturated heterocycles. The number of imidazole rings is 1. The highest BCUT2D eigenvalue weighted by Gasteiger charge is 2.37. The Balaban J connectivity index is 1.82. The van der Waals surface area contributed by atoms with Gasteiger partial charge in [-0.25, -0.2) is 4.98 Å². The Kier molecular flexibility index (Phi) is 4.36. The van der Waals surface area contributed by atoms with Crippen LogP contribution in [-0.2, 0) is 11.2 Å². The van der Waals surface area contributed by atoms with Gasteiger partial charge < -0.3 is 15.6 Å².